The Morgan fingerprint density at radius 1 is 0.635 bits per heavy atom. The molecule has 3 aliphatic heterocycles. The van der Waals surface area contributed by atoms with E-state index < -0.39 is 0 Å². The zero-order valence-electron chi connectivity index (χ0n) is 36.4. The van der Waals surface area contributed by atoms with Crippen LogP contribution in [0.1, 0.15) is 56.4 Å². The number of nitrogens with zero attached hydrogens (tertiary/aromatic N) is 2. The van der Waals surface area contributed by atoms with E-state index in [2.05, 4.69) is 47.1 Å². The molecule has 7 aromatic rings. The molecule has 3 unspecified atom stereocenters. The number of carbonyl (C=O) groups is 2. The smallest absolute Gasteiger partial charge is 0.274 e. The Morgan fingerprint density at radius 2 is 1.13 bits per heavy atom. The molecule has 0 aliphatic carbocycles. The van der Waals surface area contributed by atoms with Crippen LogP contribution in [-0.4, -0.2) is 88.6 Å². The predicted octanol–water partition coefficient (Wildman–Crippen LogP) is 8.38. The van der Waals surface area contributed by atoms with Gasteiger partial charge in [-0.15, -0.1) is 11.8 Å². The number of benzene rings is 4. The first-order chi connectivity index (χ1) is 29.5. The normalized spacial score (nSPS) is 16.9. The van der Waals surface area contributed by atoms with Gasteiger partial charge >= 0.3 is 0 Å². The third-order valence-corrected chi connectivity index (χ3v) is 12.0. The molecule has 0 bridgehead atoms. The number of nitrogens with one attached hydrogen (secondary N) is 4. The van der Waals surface area contributed by atoms with Crippen molar-refractivity contribution in [1.82, 2.24) is 15.0 Å². The maximum atomic E-state index is 13.5. The van der Waals surface area contributed by atoms with E-state index in [0.717, 1.165) is 50.7 Å². The van der Waals surface area contributed by atoms with Crippen LogP contribution in [0.5, 0.6) is 34.5 Å². The molecular formula is C47H48N6O8Y2-2. The van der Waals surface area contributed by atoms with Gasteiger partial charge in [0, 0.05) is 129 Å². The Labute approximate surface area is 415 Å². The van der Waals surface area contributed by atoms with Gasteiger partial charge < -0.3 is 72.3 Å². The molecule has 16 heteroatoms. The van der Waals surface area contributed by atoms with Crippen molar-refractivity contribution in [1.29, 1.82) is 0 Å². The van der Waals surface area contributed by atoms with Crippen molar-refractivity contribution in [2.45, 2.75) is 31.2 Å². The summed E-state index contributed by atoms with van der Waals surface area (Å²) in [4.78, 5) is 40.3. The van der Waals surface area contributed by atoms with Crippen LogP contribution in [0.4, 0.5) is 17.1 Å². The zero-order chi connectivity index (χ0) is 42.9. The Bertz CT molecular complexity index is 2890. The van der Waals surface area contributed by atoms with Gasteiger partial charge in [0.2, 0.25) is 11.5 Å². The standard InChI is InChI=1S/C24H26N3O4.C23H22N3O4.2Y/c1-12-11-27(18-7-6-16-15(20(12)18)8-13(2)25-16)24(28)17-9-14-10-19(29-3)22(30-4)23(31-5)21(14)26-17;1-12-11-26(17-6-5-15-14(19(12)17)7-8-24-15)23(27)16-9-13-10-18(28-2)21(29-3)22(30-4)20(13)25-16;;/h6-7,9-10,12-13,25-26H,1,8,11H2,2-5H3;5-10,12,24-25H,1,11H2,2-4H3;;/q2*-1;;. The van der Waals surface area contributed by atoms with E-state index >= 15 is 0 Å². The first kappa shape index (κ1) is 46.2. The number of anilines is 3. The molecule has 3 atom stereocenters. The van der Waals surface area contributed by atoms with Gasteiger partial charge in [-0.05, 0) is 84.6 Å². The number of hydrogen-bond acceptors (Lipinski definition) is 9. The van der Waals surface area contributed by atoms with Crippen LogP contribution in [-0.2, 0) is 71.8 Å². The number of methoxy groups -OCH3 is 6. The van der Waals surface area contributed by atoms with Crippen molar-refractivity contribution in [3.63, 3.8) is 0 Å². The average Bonchev–Trinajstić information content (AvgIpc) is 4.13. The van der Waals surface area contributed by atoms with E-state index in [1.54, 1.807) is 47.6 Å². The molecular weight excluding hydrogens is 954 g/mol. The number of hydrogen-bond donors (Lipinski definition) is 4. The van der Waals surface area contributed by atoms with Crippen LogP contribution < -0.4 is 43.5 Å². The summed E-state index contributed by atoms with van der Waals surface area (Å²) < 4.78 is 32.9. The second kappa shape index (κ2) is 18.4. The van der Waals surface area contributed by atoms with Gasteiger partial charge in [-0.25, -0.2) is 0 Å². The van der Waals surface area contributed by atoms with Crippen LogP contribution in [0.2, 0.25) is 0 Å². The average molecular weight is 1000 g/mol. The van der Waals surface area contributed by atoms with Gasteiger partial charge in [-0.1, -0.05) is 0 Å². The summed E-state index contributed by atoms with van der Waals surface area (Å²) in [5.74, 6) is 2.89. The minimum Gasteiger partial charge on any atom is -0.493 e. The van der Waals surface area contributed by atoms with E-state index in [9.17, 15) is 9.59 Å². The monoisotopic (exact) mass is 1000 g/mol. The predicted molar refractivity (Wildman–Crippen MR) is 237 cm³/mol. The minimum absolute atomic E-state index is 0. The van der Waals surface area contributed by atoms with E-state index in [1.807, 2.05) is 59.6 Å². The van der Waals surface area contributed by atoms with Crippen LogP contribution >= 0.6 is 0 Å². The van der Waals surface area contributed by atoms with Crippen LogP contribution in [0.25, 0.3) is 32.7 Å². The van der Waals surface area contributed by atoms with Crippen molar-refractivity contribution in [3.05, 3.63) is 103 Å². The van der Waals surface area contributed by atoms with Crippen LogP contribution in [0.3, 0.4) is 0 Å². The molecule has 322 valence electrons. The fourth-order valence-corrected chi connectivity index (χ4v) is 9.34. The molecule has 6 heterocycles. The third kappa shape index (κ3) is 7.64. The van der Waals surface area contributed by atoms with Gasteiger partial charge in [0.25, 0.3) is 11.8 Å². The van der Waals surface area contributed by atoms with E-state index in [1.165, 1.54) is 11.1 Å². The molecule has 0 saturated carbocycles. The molecule has 0 fully saturated rings. The van der Waals surface area contributed by atoms with Gasteiger partial charge in [-0.3, -0.25) is 9.59 Å². The van der Waals surface area contributed by atoms with E-state index in [4.69, 9.17) is 28.4 Å². The van der Waals surface area contributed by atoms with Crippen molar-refractivity contribution in [2.24, 2.45) is 0 Å². The second-order valence-corrected chi connectivity index (χ2v) is 15.5. The van der Waals surface area contributed by atoms with Gasteiger partial charge in [0.05, 0.1) is 53.7 Å². The third-order valence-electron chi connectivity index (χ3n) is 12.0. The molecule has 3 aliphatic rings. The van der Waals surface area contributed by atoms with E-state index in [0.29, 0.717) is 76.0 Å². The molecule has 2 amide bonds. The Kier molecular flexibility index (Phi) is 13.5. The van der Waals surface area contributed by atoms with Crippen LogP contribution in [0.15, 0.2) is 60.8 Å². The Balaban J connectivity index is 0.000000183. The van der Waals surface area contributed by atoms with Gasteiger partial charge in [0.1, 0.15) is 11.4 Å². The number of amides is 2. The largest absolute Gasteiger partial charge is 0.493 e. The van der Waals surface area contributed by atoms with Gasteiger partial charge in [-0.2, -0.15) is 0 Å². The maximum absolute atomic E-state index is 13.5. The summed E-state index contributed by atoms with van der Waals surface area (Å²) in [5.41, 5.74) is 9.94. The van der Waals surface area contributed by atoms with Gasteiger partial charge in [0.15, 0.2) is 23.0 Å². The molecule has 4 N–H and O–H groups in total. The summed E-state index contributed by atoms with van der Waals surface area (Å²) in [5, 5.41) is 6.23. The molecule has 3 aromatic heterocycles. The molecule has 14 nitrogen and oxygen atoms in total. The first-order valence-corrected chi connectivity index (χ1v) is 20.0. The first-order valence-electron chi connectivity index (χ1n) is 20.0. The fraction of sp³-hybridized carbons (Fsp3) is 0.277. The van der Waals surface area contributed by atoms with Crippen LogP contribution in [0, 0.1) is 13.8 Å². The number of aromatic amines is 3. The van der Waals surface area contributed by atoms with E-state index in [-0.39, 0.29) is 89.1 Å². The fourth-order valence-electron chi connectivity index (χ4n) is 9.34. The van der Waals surface area contributed by atoms with Crippen molar-refractivity contribution < 1.29 is 103 Å². The van der Waals surface area contributed by atoms with Crippen molar-refractivity contribution in [3.8, 4) is 34.5 Å². The summed E-state index contributed by atoms with van der Waals surface area (Å²) in [7, 11) is 9.39. The topological polar surface area (TPSA) is 155 Å². The van der Waals surface area contributed by atoms with Crippen molar-refractivity contribution in [2.75, 3.05) is 70.9 Å². The molecule has 63 heavy (non-hydrogen) atoms. The molecule has 4 aromatic carbocycles. The zero-order valence-corrected chi connectivity index (χ0v) is 42.0. The number of aromatic nitrogens is 3. The Morgan fingerprint density at radius 3 is 1.63 bits per heavy atom. The molecule has 0 spiro atoms. The number of ether oxygens (including phenoxy) is 6. The summed E-state index contributed by atoms with van der Waals surface area (Å²) >= 11 is 0. The second-order valence-electron chi connectivity index (χ2n) is 15.5. The summed E-state index contributed by atoms with van der Waals surface area (Å²) in [6, 6.07) is 17.8. The molecule has 10 rings (SSSR count). The summed E-state index contributed by atoms with van der Waals surface area (Å²) in [6.45, 7) is 11.9. The number of fused-ring (bicyclic) bond motifs is 8. The molecule has 2 radical (unpaired) electrons. The number of rotatable bonds is 8. The maximum Gasteiger partial charge on any atom is 0.274 e. The van der Waals surface area contributed by atoms with Crippen molar-refractivity contribution >= 4 is 61.6 Å². The summed E-state index contributed by atoms with van der Waals surface area (Å²) in [6.07, 6.45) is 2.86. The quantitative estimate of drug-likeness (QED) is 0.110. The number of carbonyl (C=O) groups excluding carboxylic acids is 2. The molecule has 0 saturated heterocycles. The SMILES string of the molecule is [CH2-]C1CN(C(=O)c2cc3cc(OC)c(OC)c(OC)c3[nH]2)c2ccc3[nH]ccc3c21.[CH2-]C1CN(C(=O)c2cc3cc(OC)c(OC)c(OC)c3[nH]2)c2ccc3c(c21)CC(C)N3.[Y].[Y]. The Hall–Kier alpha value is -4.75. The minimum atomic E-state index is -0.117. The number of H-pyrrole nitrogens is 3.